The molecule has 0 spiro atoms. The molecule has 3 aromatic rings. The number of ether oxygens (including phenoxy) is 1. The van der Waals surface area contributed by atoms with Crippen molar-refractivity contribution in [1.29, 1.82) is 0 Å². The third-order valence-electron chi connectivity index (χ3n) is 4.28. The van der Waals surface area contributed by atoms with Crippen molar-refractivity contribution in [2.75, 3.05) is 6.61 Å². The van der Waals surface area contributed by atoms with Crippen LogP contribution in [0.5, 0.6) is 5.75 Å². The fraction of sp³-hybridized carbons (Fsp3) is 0.273. The van der Waals surface area contributed by atoms with Crippen molar-refractivity contribution in [2.45, 2.75) is 32.3 Å². The molecule has 24 heavy (non-hydrogen) atoms. The van der Waals surface area contributed by atoms with Gasteiger partial charge in [-0.05, 0) is 40.5 Å². The molecule has 0 saturated heterocycles. The van der Waals surface area contributed by atoms with Gasteiger partial charge in [-0.2, -0.15) is 0 Å². The van der Waals surface area contributed by atoms with Crippen LogP contribution in [0.15, 0.2) is 66.7 Å². The van der Waals surface area contributed by atoms with E-state index in [1.54, 1.807) is 0 Å². The molecule has 2 heteroatoms. The second-order valence-corrected chi connectivity index (χ2v) is 6.15. The molecule has 0 heterocycles. The molecule has 0 amide bonds. The van der Waals surface area contributed by atoms with Crippen LogP contribution in [0.1, 0.15) is 37.0 Å². The van der Waals surface area contributed by atoms with Crippen molar-refractivity contribution < 1.29 is 9.84 Å². The Labute approximate surface area is 143 Å². The minimum atomic E-state index is -0.485. The van der Waals surface area contributed by atoms with Gasteiger partial charge in [0.1, 0.15) is 5.75 Å². The third-order valence-corrected chi connectivity index (χ3v) is 4.28. The van der Waals surface area contributed by atoms with Crippen LogP contribution in [-0.2, 0) is 6.42 Å². The van der Waals surface area contributed by atoms with Crippen LogP contribution >= 0.6 is 0 Å². The molecule has 0 fully saturated rings. The first-order valence-electron chi connectivity index (χ1n) is 8.65. The van der Waals surface area contributed by atoms with Gasteiger partial charge in [0.15, 0.2) is 0 Å². The van der Waals surface area contributed by atoms with E-state index in [-0.39, 0.29) is 0 Å². The molecule has 0 bridgehead atoms. The summed E-state index contributed by atoms with van der Waals surface area (Å²) >= 11 is 0. The standard InChI is InChI=1S/C22H24O2/c1-2-5-17-8-10-19(11-9-17)22(23)14-15-24-21-13-12-18-6-3-4-7-20(18)16-21/h3-4,6-13,16,22-23H,2,5,14-15H2,1H3. The predicted octanol–water partition coefficient (Wildman–Crippen LogP) is 5.29. The predicted molar refractivity (Wildman–Crippen MR) is 99.5 cm³/mol. The Hall–Kier alpha value is -2.32. The van der Waals surface area contributed by atoms with Crippen LogP contribution in [0, 0.1) is 0 Å². The third kappa shape index (κ3) is 4.15. The molecule has 2 nitrogen and oxygen atoms in total. The summed E-state index contributed by atoms with van der Waals surface area (Å²) in [5.74, 6) is 0.846. The summed E-state index contributed by atoms with van der Waals surface area (Å²) < 4.78 is 5.81. The quantitative estimate of drug-likeness (QED) is 0.640. The molecule has 3 rings (SSSR count). The normalized spacial score (nSPS) is 12.2. The van der Waals surface area contributed by atoms with Crippen molar-refractivity contribution >= 4 is 10.8 Å². The highest BCUT2D eigenvalue weighted by Crippen LogP contribution is 2.22. The Morgan fingerprint density at radius 1 is 0.917 bits per heavy atom. The topological polar surface area (TPSA) is 29.5 Å². The van der Waals surface area contributed by atoms with Crippen LogP contribution in [0.3, 0.4) is 0 Å². The van der Waals surface area contributed by atoms with Gasteiger partial charge in [-0.1, -0.05) is 67.9 Å². The summed E-state index contributed by atoms with van der Waals surface area (Å²) in [6.45, 7) is 2.67. The smallest absolute Gasteiger partial charge is 0.119 e. The number of hydrogen-bond donors (Lipinski definition) is 1. The zero-order valence-electron chi connectivity index (χ0n) is 14.1. The van der Waals surface area contributed by atoms with Crippen LogP contribution in [-0.4, -0.2) is 11.7 Å². The van der Waals surface area contributed by atoms with Gasteiger partial charge in [-0.15, -0.1) is 0 Å². The second-order valence-electron chi connectivity index (χ2n) is 6.15. The summed E-state index contributed by atoms with van der Waals surface area (Å²) in [6.07, 6.45) is 2.32. The zero-order valence-corrected chi connectivity index (χ0v) is 14.1. The summed E-state index contributed by atoms with van der Waals surface area (Å²) in [7, 11) is 0. The average Bonchev–Trinajstić information content (AvgIpc) is 2.62. The first-order chi connectivity index (χ1) is 11.8. The molecular formula is C22H24O2. The Bertz CT molecular complexity index is 777. The molecule has 1 unspecified atom stereocenters. The van der Waals surface area contributed by atoms with Crippen LogP contribution in [0.25, 0.3) is 10.8 Å². The molecule has 3 aromatic carbocycles. The highest BCUT2D eigenvalue weighted by molar-refractivity contribution is 5.83. The van der Waals surface area contributed by atoms with Gasteiger partial charge >= 0.3 is 0 Å². The lowest BCUT2D eigenvalue weighted by Crippen LogP contribution is -2.05. The van der Waals surface area contributed by atoms with Crippen LogP contribution < -0.4 is 4.74 Å². The zero-order chi connectivity index (χ0) is 16.8. The van der Waals surface area contributed by atoms with Gasteiger partial charge in [0, 0.05) is 6.42 Å². The van der Waals surface area contributed by atoms with Crippen molar-refractivity contribution in [3.05, 3.63) is 77.9 Å². The first kappa shape index (κ1) is 16.5. The summed E-state index contributed by atoms with van der Waals surface area (Å²) in [5.41, 5.74) is 2.28. The summed E-state index contributed by atoms with van der Waals surface area (Å²) in [6, 6.07) is 22.6. The largest absolute Gasteiger partial charge is 0.493 e. The van der Waals surface area contributed by atoms with Gasteiger partial charge in [-0.3, -0.25) is 0 Å². The molecule has 1 atom stereocenters. The molecule has 0 saturated carbocycles. The molecule has 0 aromatic heterocycles. The number of fused-ring (bicyclic) bond motifs is 1. The van der Waals surface area contributed by atoms with Crippen molar-refractivity contribution in [2.24, 2.45) is 0 Å². The van der Waals surface area contributed by atoms with E-state index in [1.165, 1.54) is 16.3 Å². The van der Waals surface area contributed by atoms with Crippen molar-refractivity contribution in [3.8, 4) is 5.75 Å². The van der Waals surface area contributed by atoms with E-state index in [0.717, 1.165) is 24.2 Å². The lowest BCUT2D eigenvalue weighted by Gasteiger charge is -2.13. The van der Waals surface area contributed by atoms with Gasteiger partial charge < -0.3 is 9.84 Å². The van der Waals surface area contributed by atoms with Gasteiger partial charge in [-0.25, -0.2) is 0 Å². The Balaban J connectivity index is 1.54. The highest BCUT2D eigenvalue weighted by Gasteiger charge is 2.08. The highest BCUT2D eigenvalue weighted by atomic mass is 16.5. The maximum Gasteiger partial charge on any atom is 0.119 e. The molecule has 0 radical (unpaired) electrons. The van der Waals surface area contributed by atoms with E-state index in [4.69, 9.17) is 4.74 Å². The van der Waals surface area contributed by atoms with Crippen molar-refractivity contribution in [3.63, 3.8) is 0 Å². The number of aryl methyl sites for hydroxylation is 1. The molecular weight excluding hydrogens is 296 g/mol. The molecule has 0 aliphatic rings. The van der Waals surface area contributed by atoms with Gasteiger partial charge in [0.25, 0.3) is 0 Å². The van der Waals surface area contributed by atoms with E-state index >= 15 is 0 Å². The summed E-state index contributed by atoms with van der Waals surface area (Å²) in [5, 5.41) is 12.7. The SMILES string of the molecule is CCCc1ccc(C(O)CCOc2ccc3ccccc3c2)cc1. The average molecular weight is 320 g/mol. The van der Waals surface area contributed by atoms with Crippen LogP contribution in [0.2, 0.25) is 0 Å². The second kappa shape index (κ2) is 7.98. The van der Waals surface area contributed by atoms with Crippen LogP contribution in [0.4, 0.5) is 0 Å². The van der Waals surface area contributed by atoms with Gasteiger partial charge in [0.05, 0.1) is 12.7 Å². The Morgan fingerprint density at radius 2 is 1.67 bits per heavy atom. The Morgan fingerprint density at radius 3 is 2.42 bits per heavy atom. The molecule has 1 N–H and O–H groups in total. The monoisotopic (exact) mass is 320 g/mol. The van der Waals surface area contributed by atoms with E-state index in [9.17, 15) is 5.11 Å². The first-order valence-corrected chi connectivity index (χ1v) is 8.65. The fourth-order valence-electron chi connectivity index (χ4n) is 2.91. The number of rotatable bonds is 7. The van der Waals surface area contributed by atoms with Crippen molar-refractivity contribution in [1.82, 2.24) is 0 Å². The maximum atomic E-state index is 10.3. The van der Waals surface area contributed by atoms with E-state index in [0.29, 0.717) is 13.0 Å². The molecule has 0 aliphatic carbocycles. The minimum Gasteiger partial charge on any atom is -0.493 e. The van der Waals surface area contributed by atoms with Gasteiger partial charge in [0.2, 0.25) is 0 Å². The maximum absolute atomic E-state index is 10.3. The number of benzene rings is 3. The number of hydrogen-bond acceptors (Lipinski definition) is 2. The number of aliphatic hydroxyl groups is 1. The lowest BCUT2D eigenvalue weighted by atomic mass is 10.0. The lowest BCUT2D eigenvalue weighted by molar-refractivity contribution is 0.141. The molecule has 0 aliphatic heterocycles. The minimum absolute atomic E-state index is 0.485. The fourth-order valence-corrected chi connectivity index (χ4v) is 2.91. The molecule has 124 valence electrons. The van der Waals surface area contributed by atoms with E-state index in [1.807, 2.05) is 36.4 Å². The summed E-state index contributed by atoms with van der Waals surface area (Å²) in [4.78, 5) is 0. The Kier molecular flexibility index (Phi) is 5.50. The van der Waals surface area contributed by atoms with E-state index < -0.39 is 6.10 Å². The van der Waals surface area contributed by atoms with E-state index in [2.05, 4.69) is 37.3 Å². The number of aliphatic hydroxyl groups excluding tert-OH is 1.